The van der Waals surface area contributed by atoms with E-state index in [-0.39, 0.29) is 11.3 Å². The third-order valence-corrected chi connectivity index (χ3v) is 1.93. The molecule has 2 N–H and O–H groups in total. The molecule has 1 aromatic carbocycles. The first-order chi connectivity index (χ1) is 7.63. The molecule has 16 heavy (non-hydrogen) atoms. The molecular formula is C10H10N2O4. The summed E-state index contributed by atoms with van der Waals surface area (Å²) in [5.74, 6) is -0.0300. The average molecular weight is 222 g/mol. The van der Waals surface area contributed by atoms with Gasteiger partial charge in [0.25, 0.3) is 5.91 Å². The van der Waals surface area contributed by atoms with Crippen LogP contribution >= 0.6 is 0 Å². The lowest BCUT2D eigenvalue weighted by atomic mass is 10.1. The average Bonchev–Trinajstić information content (AvgIpc) is 2.28. The molecule has 6 heteroatoms. The van der Waals surface area contributed by atoms with Crippen LogP contribution in [0.15, 0.2) is 17.1 Å². The number of nitrogens with two attached hydrogens (primary N) is 1. The number of hydrogen-bond donors (Lipinski definition) is 1. The summed E-state index contributed by atoms with van der Waals surface area (Å²) in [6, 6.07) is 2.74. The van der Waals surface area contributed by atoms with Gasteiger partial charge in [0.05, 0.1) is 25.5 Å². The number of amides is 1. The van der Waals surface area contributed by atoms with Crippen molar-refractivity contribution >= 4 is 17.7 Å². The van der Waals surface area contributed by atoms with Crippen LogP contribution in [0.5, 0.6) is 11.5 Å². The maximum atomic E-state index is 11.1. The van der Waals surface area contributed by atoms with Gasteiger partial charge in [-0.25, -0.2) is 4.79 Å². The van der Waals surface area contributed by atoms with Crippen LogP contribution in [0.25, 0.3) is 0 Å². The molecule has 0 aliphatic rings. The number of rotatable bonds is 4. The second-order valence-corrected chi connectivity index (χ2v) is 2.79. The molecule has 0 saturated heterocycles. The Hall–Kier alpha value is -2.33. The van der Waals surface area contributed by atoms with E-state index in [2.05, 4.69) is 4.99 Å². The van der Waals surface area contributed by atoms with Crippen LogP contribution in [0.2, 0.25) is 0 Å². The number of nitrogens with zero attached hydrogens (tertiary/aromatic N) is 1. The molecule has 0 fully saturated rings. The highest BCUT2D eigenvalue weighted by atomic mass is 16.5. The predicted octanol–water partition coefficient (Wildman–Crippen LogP) is 0.770. The molecule has 1 rings (SSSR count). The van der Waals surface area contributed by atoms with Crippen molar-refractivity contribution in [3.8, 4) is 11.5 Å². The van der Waals surface area contributed by atoms with Gasteiger partial charge in [0.1, 0.15) is 0 Å². The molecule has 0 aromatic heterocycles. The summed E-state index contributed by atoms with van der Waals surface area (Å²) < 4.78 is 9.98. The number of isocyanates is 1. The zero-order chi connectivity index (χ0) is 12.1. The fourth-order valence-corrected chi connectivity index (χ4v) is 1.21. The SMILES string of the molecule is COc1cc(N=C=O)c(C(N)=O)cc1OC. The van der Waals surface area contributed by atoms with E-state index in [9.17, 15) is 9.59 Å². The lowest BCUT2D eigenvalue weighted by molar-refractivity contribution is 0.100. The molecule has 0 radical (unpaired) electrons. The van der Waals surface area contributed by atoms with E-state index in [4.69, 9.17) is 15.2 Å². The van der Waals surface area contributed by atoms with Crippen LogP contribution in [-0.2, 0) is 4.79 Å². The largest absolute Gasteiger partial charge is 0.493 e. The smallest absolute Gasteiger partial charge is 0.251 e. The Bertz CT molecular complexity index is 435. The molecule has 0 saturated carbocycles. The molecule has 0 unspecified atom stereocenters. The monoisotopic (exact) mass is 222 g/mol. The summed E-state index contributed by atoms with van der Waals surface area (Å²) in [7, 11) is 2.85. The Kier molecular flexibility index (Phi) is 3.63. The van der Waals surface area contributed by atoms with Gasteiger partial charge in [-0.1, -0.05) is 0 Å². The number of ether oxygens (including phenoxy) is 2. The fraction of sp³-hybridized carbons (Fsp3) is 0.200. The highest BCUT2D eigenvalue weighted by Gasteiger charge is 2.14. The number of aliphatic imine (C=N–C) groups is 1. The highest BCUT2D eigenvalue weighted by Crippen LogP contribution is 2.34. The summed E-state index contributed by atoms with van der Waals surface area (Å²) >= 11 is 0. The van der Waals surface area contributed by atoms with Crippen LogP contribution in [0.3, 0.4) is 0 Å². The van der Waals surface area contributed by atoms with Gasteiger partial charge in [0.15, 0.2) is 11.5 Å². The van der Waals surface area contributed by atoms with Crippen LogP contribution < -0.4 is 15.2 Å². The van der Waals surface area contributed by atoms with E-state index < -0.39 is 5.91 Å². The Labute approximate surface area is 91.7 Å². The molecule has 84 valence electrons. The number of benzene rings is 1. The van der Waals surface area contributed by atoms with Crippen molar-refractivity contribution in [1.82, 2.24) is 0 Å². The molecule has 0 spiro atoms. The van der Waals surface area contributed by atoms with E-state index in [0.717, 1.165) is 0 Å². The maximum Gasteiger partial charge on any atom is 0.251 e. The van der Waals surface area contributed by atoms with Gasteiger partial charge in [-0.2, -0.15) is 4.99 Å². The number of carbonyl (C=O) groups is 1. The van der Waals surface area contributed by atoms with Gasteiger partial charge in [-0.3, -0.25) is 4.79 Å². The van der Waals surface area contributed by atoms with Crippen LogP contribution in [0, 0.1) is 0 Å². The maximum absolute atomic E-state index is 11.1. The van der Waals surface area contributed by atoms with Gasteiger partial charge in [0.2, 0.25) is 6.08 Å². The van der Waals surface area contributed by atoms with Gasteiger partial charge in [-0.15, -0.1) is 0 Å². The summed E-state index contributed by atoms with van der Waals surface area (Å²) in [6.45, 7) is 0. The van der Waals surface area contributed by atoms with Crippen molar-refractivity contribution in [2.24, 2.45) is 10.7 Å². The third-order valence-electron chi connectivity index (χ3n) is 1.93. The van der Waals surface area contributed by atoms with Gasteiger partial charge in [-0.05, 0) is 6.07 Å². The molecule has 0 bridgehead atoms. The van der Waals surface area contributed by atoms with Gasteiger partial charge < -0.3 is 15.2 Å². The second-order valence-electron chi connectivity index (χ2n) is 2.79. The molecule has 0 atom stereocenters. The molecular weight excluding hydrogens is 212 g/mol. The molecule has 0 aliphatic carbocycles. The topological polar surface area (TPSA) is 91.0 Å². The highest BCUT2D eigenvalue weighted by molar-refractivity contribution is 5.99. The first-order valence-corrected chi connectivity index (χ1v) is 4.27. The van der Waals surface area contributed by atoms with Crippen molar-refractivity contribution in [2.45, 2.75) is 0 Å². The normalized spacial score (nSPS) is 9.12. The van der Waals surface area contributed by atoms with E-state index in [1.807, 2.05) is 0 Å². The molecule has 0 heterocycles. The summed E-state index contributed by atoms with van der Waals surface area (Å²) in [4.78, 5) is 24.7. The Morgan fingerprint density at radius 2 is 1.88 bits per heavy atom. The zero-order valence-corrected chi connectivity index (χ0v) is 8.81. The number of methoxy groups -OCH3 is 2. The van der Waals surface area contributed by atoms with Crippen molar-refractivity contribution in [2.75, 3.05) is 14.2 Å². The van der Waals surface area contributed by atoms with Gasteiger partial charge >= 0.3 is 0 Å². The van der Waals surface area contributed by atoms with E-state index in [1.165, 1.54) is 32.4 Å². The molecule has 1 amide bonds. The Balaban J connectivity index is 3.46. The standard InChI is InChI=1S/C10H10N2O4/c1-15-8-3-6(10(11)14)7(12-5-13)4-9(8)16-2/h3-4H,1-2H3,(H2,11,14). The minimum atomic E-state index is -0.713. The zero-order valence-electron chi connectivity index (χ0n) is 8.81. The Morgan fingerprint density at radius 1 is 1.31 bits per heavy atom. The number of primary amides is 1. The number of carbonyl (C=O) groups excluding carboxylic acids is 2. The predicted molar refractivity (Wildman–Crippen MR) is 55.8 cm³/mol. The molecule has 0 aliphatic heterocycles. The Morgan fingerprint density at radius 3 is 2.31 bits per heavy atom. The van der Waals surface area contributed by atoms with E-state index in [0.29, 0.717) is 11.5 Å². The number of hydrogen-bond acceptors (Lipinski definition) is 5. The minimum absolute atomic E-state index is 0.0704. The first kappa shape index (κ1) is 11.7. The first-order valence-electron chi connectivity index (χ1n) is 4.27. The minimum Gasteiger partial charge on any atom is -0.493 e. The van der Waals surface area contributed by atoms with Crippen molar-refractivity contribution < 1.29 is 19.1 Å². The van der Waals surface area contributed by atoms with Crippen LogP contribution in [0.4, 0.5) is 5.69 Å². The lowest BCUT2D eigenvalue weighted by Crippen LogP contribution is -2.11. The lowest BCUT2D eigenvalue weighted by Gasteiger charge is -2.09. The summed E-state index contributed by atoms with van der Waals surface area (Å²) in [5, 5.41) is 0. The van der Waals surface area contributed by atoms with Crippen LogP contribution in [0.1, 0.15) is 10.4 Å². The second kappa shape index (κ2) is 4.95. The van der Waals surface area contributed by atoms with Gasteiger partial charge in [0, 0.05) is 6.07 Å². The summed E-state index contributed by atoms with van der Waals surface area (Å²) in [6.07, 6.45) is 1.34. The molecule has 1 aromatic rings. The van der Waals surface area contributed by atoms with Crippen molar-refractivity contribution in [3.63, 3.8) is 0 Å². The summed E-state index contributed by atoms with van der Waals surface area (Å²) in [5.41, 5.74) is 5.30. The van der Waals surface area contributed by atoms with Crippen molar-refractivity contribution in [1.29, 1.82) is 0 Å². The van der Waals surface area contributed by atoms with Crippen LogP contribution in [-0.4, -0.2) is 26.2 Å². The fourth-order valence-electron chi connectivity index (χ4n) is 1.21. The molecule has 6 nitrogen and oxygen atoms in total. The van der Waals surface area contributed by atoms with E-state index >= 15 is 0 Å². The van der Waals surface area contributed by atoms with Crippen molar-refractivity contribution in [3.05, 3.63) is 17.7 Å². The third kappa shape index (κ3) is 2.18. The quantitative estimate of drug-likeness (QED) is 0.601. The van der Waals surface area contributed by atoms with E-state index in [1.54, 1.807) is 0 Å².